The lowest BCUT2D eigenvalue weighted by atomic mass is 9.92. The first-order chi connectivity index (χ1) is 6.56. The number of hydrogen-bond donors (Lipinski definition) is 1. The summed E-state index contributed by atoms with van der Waals surface area (Å²) in [5.74, 6) is 0.570. The highest BCUT2D eigenvalue weighted by Crippen LogP contribution is 2.33. The molecular weight excluding hydrogens is 258 g/mol. The van der Waals surface area contributed by atoms with E-state index in [1.54, 1.807) is 11.3 Å². The Balaban J connectivity index is 2.77. The molecule has 0 aliphatic rings. The Hall–Kier alpha value is 0.140. The summed E-state index contributed by atoms with van der Waals surface area (Å²) < 4.78 is 1.18. The Labute approximate surface area is 98.8 Å². The van der Waals surface area contributed by atoms with Gasteiger partial charge < -0.3 is 5.73 Å². The fourth-order valence-electron chi connectivity index (χ4n) is 1.73. The first-order valence-electron chi connectivity index (χ1n) is 5.07. The minimum atomic E-state index is 0.192. The SMILES string of the molecule is CCCC(C)C(N)c1cc(Br)sc1C. The molecule has 1 heterocycles. The van der Waals surface area contributed by atoms with Crippen LogP contribution in [0, 0.1) is 12.8 Å². The second kappa shape index (κ2) is 5.29. The van der Waals surface area contributed by atoms with Crippen LogP contribution in [0.25, 0.3) is 0 Å². The zero-order valence-electron chi connectivity index (χ0n) is 9.01. The lowest BCUT2D eigenvalue weighted by molar-refractivity contribution is 0.433. The minimum absolute atomic E-state index is 0.192. The molecule has 0 saturated heterocycles. The fourth-order valence-corrected chi connectivity index (χ4v) is 3.50. The molecule has 14 heavy (non-hydrogen) atoms. The van der Waals surface area contributed by atoms with Crippen LogP contribution in [0.15, 0.2) is 9.85 Å². The lowest BCUT2D eigenvalue weighted by Crippen LogP contribution is -2.19. The highest BCUT2D eigenvalue weighted by molar-refractivity contribution is 9.11. The lowest BCUT2D eigenvalue weighted by Gasteiger charge is -2.19. The normalized spacial score (nSPS) is 15.5. The topological polar surface area (TPSA) is 26.0 Å². The number of nitrogens with two attached hydrogens (primary N) is 1. The van der Waals surface area contributed by atoms with Crippen molar-refractivity contribution in [1.82, 2.24) is 0 Å². The maximum atomic E-state index is 6.22. The van der Waals surface area contributed by atoms with Crippen molar-refractivity contribution in [2.75, 3.05) is 0 Å². The Morgan fingerprint density at radius 2 is 2.21 bits per heavy atom. The predicted octanol–water partition coefficient (Wildman–Crippen LogP) is 4.26. The van der Waals surface area contributed by atoms with Gasteiger partial charge in [0.2, 0.25) is 0 Å². The van der Waals surface area contributed by atoms with Crippen LogP contribution in [0.3, 0.4) is 0 Å². The molecule has 1 aromatic heterocycles. The van der Waals surface area contributed by atoms with Crippen molar-refractivity contribution >= 4 is 27.3 Å². The molecule has 0 fully saturated rings. The Morgan fingerprint density at radius 1 is 1.57 bits per heavy atom. The third-order valence-electron chi connectivity index (χ3n) is 2.64. The van der Waals surface area contributed by atoms with Crippen LogP contribution in [0.2, 0.25) is 0 Å². The first-order valence-corrected chi connectivity index (χ1v) is 6.68. The van der Waals surface area contributed by atoms with Gasteiger partial charge in [0.25, 0.3) is 0 Å². The molecule has 0 aromatic carbocycles. The predicted molar refractivity (Wildman–Crippen MR) is 67.8 cm³/mol. The van der Waals surface area contributed by atoms with Crippen molar-refractivity contribution in [3.63, 3.8) is 0 Å². The summed E-state index contributed by atoms with van der Waals surface area (Å²) in [5.41, 5.74) is 7.53. The average molecular weight is 276 g/mol. The molecule has 2 N–H and O–H groups in total. The van der Waals surface area contributed by atoms with Crippen LogP contribution < -0.4 is 5.73 Å². The van der Waals surface area contributed by atoms with Crippen LogP contribution in [0.1, 0.15) is 43.2 Å². The Bertz CT molecular complexity index is 295. The van der Waals surface area contributed by atoms with Crippen molar-refractivity contribution in [1.29, 1.82) is 0 Å². The zero-order valence-corrected chi connectivity index (χ0v) is 11.4. The Morgan fingerprint density at radius 3 is 2.64 bits per heavy atom. The van der Waals surface area contributed by atoms with E-state index in [2.05, 4.69) is 42.8 Å². The van der Waals surface area contributed by atoms with E-state index in [4.69, 9.17) is 5.73 Å². The van der Waals surface area contributed by atoms with Crippen LogP contribution in [0.5, 0.6) is 0 Å². The fraction of sp³-hybridized carbons (Fsp3) is 0.636. The first kappa shape index (κ1) is 12.2. The zero-order chi connectivity index (χ0) is 10.7. The molecule has 2 unspecified atom stereocenters. The second-order valence-corrected chi connectivity index (χ2v) is 6.49. The van der Waals surface area contributed by atoms with Crippen molar-refractivity contribution in [2.24, 2.45) is 11.7 Å². The third-order valence-corrected chi connectivity index (χ3v) is 4.21. The highest BCUT2D eigenvalue weighted by Gasteiger charge is 2.17. The molecule has 1 aromatic rings. The van der Waals surface area contributed by atoms with E-state index in [0.717, 1.165) is 0 Å². The van der Waals surface area contributed by atoms with Crippen molar-refractivity contribution in [3.05, 3.63) is 20.3 Å². The number of aryl methyl sites for hydroxylation is 1. The minimum Gasteiger partial charge on any atom is -0.324 e. The number of thiophene rings is 1. The largest absolute Gasteiger partial charge is 0.324 e. The number of hydrogen-bond acceptors (Lipinski definition) is 2. The highest BCUT2D eigenvalue weighted by atomic mass is 79.9. The second-order valence-electron chi connectivity index (χ2n) is 3.85. The van der Waals surface area contributed by atoms with E-state index in [1.165, 1.54) is 27.1 Å². The van der Waals surface area contributed by atoms with Gasteiger partial charge in [-0.25, -0.2) is 0 Å². The Kier molecular flexibility index (Phi) is 4.61. The van der Waals surface area contributed by atoms with Gasteiger partial charge in [0, 0.05) is 10.9 Å². The van der Waals surface area contributed by atoms with E-state index >= 15 is 0 Å². The molecule has 0 bridgehead atoms. The van der Waals surface area contributed by atoms with E-state index < -0.39 is 0 Å². The van der Waals surface area contributed by atoms with E-state index in [9.17, 15) is 0 Å². The summed E-state index contributed by atoms with van der Waals surface area (Å²) in [4.78, 5) is 1.34. The maximum absolute atomic E-state index is 6.22. The van der Waals surface area contributed by atoms with Crippen molar-refractivity contribution in [3.8, 4) is 0 Å². The van der Waals surface area contributed by atoms with Crippen LogP contribution in [-0.2, 0) is 0 Å². The molecule has 80 valence electrons. The maximum Gasteiger partial charge on any atom is 0.0704 e. The summed E-state index contributed by atoms with van der Waals surface area (Å²) >= 11 is 5.27. The summed E-state index contributed by atoms with van der Waals surface area (Å²) in [5, 5.41) is 0. The molecule has 3 heteroatoms. The van der Waals surface area contributed by atoms with Crippen molar-refractivity contribution < 1.29 is 0 Å². The molecule has 0 spiro atoms. The molecule has 0 radical (unpaired) electrons. The van der Waals surface area contributed by atoms with E-state index in [0.29, 0.717) is 5.92 Å². The third kappa shape index (κ3) is 2.81. The van der Waals surface area contributed by atoms with Gasteiger partial charge in [-0.3, -0.25) is 0 Å². The summed E-state index contributed by atoms with van der Waals surface area (Å²) in [6, 6.07) is 2.36. The standard InChI is InChI=1S/C11H18BrNS/c1-4-5-7(2)11(13)9-6-10(12)14-8(9)3/h6-7,11H,4-5,13H2,1-3H3. The van der Waals surface area contributed by atoms with Gasteiger partial charge in [-0.1, -0.05) is 20.3 Å². The molecular formula is C11H18BrNS. The van der Waals surface area contributed by atoms with Gasteiger partial charge in [0.15, 0.2) is 0 Å². The van der Waals surface area contributed by atoms with Gasteiger partial charge in [-0.05, 0) is 46.8 Å². The number of rotatable bonds is 4. The van der Waals surface area contributed by atoms with Crippen molar-refractivity contribution in [2.45, 2.75) is 39.7 Å². The van der Waals surface area contributed by atoms with Crippen LogP contribution >= 0.6 is 27.3 Å². The molecule has 0 aliphatic carbocycles. The van der Waals surface area contributed by atoms with Gasteiger partial charge >= 0.3 is 0 Å². The van der Waals surface area contributed by atoms with Gasteiger partial charge in [0.1, 0.15) is 0 Å². The van der Waals surface area contributed by atoms with Crippen LogP contribution in [-0.4, -0.2) is 0 Å². The molecule has 1 rings (SSSR count). The van der Waals surface area contributed by atoms with Gasteiger partial charge in [-0.2, -0.15) is 0 Å². The quantitative estimate of drug-likeness (QED) is 0.873. The van der Waals surface area contributed by atoms with Gasteiger partial charge in [-0.15, -0.1) is 11.3 Å². The molecule has 0 aliphatic heterocycles. The smallest absolute Gasteiger partial charge is 0.0704 e. The van der Waals surface area contributed by atoms with Crippen LogP contribution in [0.4, 0.5) is 0 Å². The van der Waals surface area contributed by atoms with E-state index in [1.807, 2.05) is 0 Å². The average Bonchev–Trinajstić information content (AvgIpc) is 2.44. The number of halogens is 1. The molecule has 2 atom stereocenters. The monoisotopic (exact) mass is 275 g/mol. The summed E-state index contributed by atoms with van der Waals surface area (Å²) in [6.45, 7) is 6.59. The summed E-state index contributed by atoms with van der Waals surface area (Å²) in [6.07, 6.45) is 2.41. The molecule has 0 amide bonds. The van der Waals surface area contributed by atoms with E-state index in [-0.39, 0.29) is 6.04 Å². The summed E-state index contributed by atoms with van der Waals surface area (Å²) in [7, 11) is 0. The van der Waals surface area contributed by atoms with Gasteiger partial charge in [0.05, 0.1) is 3.79 Å². The molecule has 1 nitrogen and oxygen atoms in total. The molecule has 0 saturated carbocycles.